The number of phenolic OH excluding ortho intramolecular Hbond substituents is 1. The van der Waals surface area contributed by atoms with Gasteiger partial charge in [-0.15, -0.1) is 0 Å². The minimum Gasteiger partial charge on any atom is -0.508 e. The molecule has 0 unspecified atom stereocenters. The van der Waals surface area contributed by atoms with Crippen LogP contribution in [0.3, 0.4) is 0 Å². The van der Waals surface area contributed by atoms with Gasteiger partial charge in [0.25, 0.3) is 0 Å². The molecule has 0 aliphatic heterocycles. The van der Waals surface area contributed by atoms with Gasteiger partial charge in [-0.3, -0.25) is 0 Å². The zero-order valence-corrected chi connectivity index (χ0v) is 8.99. The molecule has 2 rings (SSSR count). The largest absolute Gasteiger partial charge is 0.508 e. The summed E-state index contributed by atoms with van der Waals surface area (Å²) in [5.74, 6) is 1.11. The smallest absolute Gasteiger partial charge is 0.122 e. The van der Waals surface area contributed by atoms with Crippen LogP contribution in [0.1, 0.15) is 24.8 Å². The van der Waals surface area contributed by atoms with Crippen molar-refractivity contribution in [1.29, 1.82) is 0 Å². The highest BCUT2D eigenvalue weighted by atomic mass is 16.5. The van der Waals surface area contributed by atoms with Crippen LogP contribution in [0.2, 0.25) is 0 Å². The summed E-state index contributed by atoms with van der Waals surface area (Å²) in [7, 11) is 1.65. The number of methoxy groups -OCH3 is 1. The van der Waals surface area contributed by atoms with Crippen molar-refractivity contribution in [3.05, 3.63) is 23.8 Å². The normalized spacial score (nSPS) is 18.3. The number of phenols is 1. The van der Waals surface area contributed by atoms with Gasteiger partial charge < -0.3 is 15.6 Å². The van der Waals surface area contributed by atoms with Crippen molar-refractivity contribution < 1.29 is 9.84 Å². The summed E-state index contributed by atoms with van der Waals surface area (Å²) in [5, 5.41) is 9.52. The van der Waals surface area contributed by atoms with Crippen LogP contribution in [0.25, 0.3) is 0 Å². The highest BCUT2D eigenvalue weighted by Gasteiger charge is 2.39. The van der Waals surface area contributed by atoms with Crippen molar-refractivity contribution in [2.45, 2.75) is 24.7 Å². The first-order chi connectivity index (χ1) is 7.22. The molecule has 1 saturated carbocycles. The maximum absolute atomic E-state index is 9.52. The third-order valence-electron chi connectivity index (χ3n) is 3.46. The second-order valence-corrected chi connectivity index (χ2v) is 4.22. The molecule has 0 saturated heterocycles. The molecule has 0 atom stereocenters. The molecule has 1 aromatic carbocycles. The second-order valence-electron chi connectivity index (χ2n) is 4.22. The summed E-state index contributed by atoms with van der Waals surface area (Å²) in [5.41, 5.74) is 6.92. The van der Waals surface area contributed by atoms with Gasteiger partial charge in [0.05, 0.1) is 7.11 Å². The van der Waals surface area contributed by atoms with E-state index in [1.807, 2.05) is 0 Å². The van der Waals surface area contributed by atoms with Crippen LogP contribution in [-0.4, -0.2) is 18.8 Å². The van der Waals surface area contributed by atoms with Crippen molar-refractivity contribution in [1.82, 2.24) is 0 Å². The van der Waals surface area contributed by atoms with E-state index in [2.05, 4.69) is 0 Å². The van der Waals surface area contributed by atoms with Gasteiger partial charge >= 0.3 is 0 Å². The third-order valence-corrected chi connectivity index (χ3v) is 3.46. The standard InChI is InChI=1S/C12H17NO2/c1-15-11-4-3-9(14)7-10(11)12(8-13)5-2-6-12/h3-4,7,14H,2,5-6,8,13H2,1H3. The van der Waals surface area contributed by atoms with Gasteiger partial charge in [0.2, 0.25) is 0 Å². The van der Waals surface area contributed by atoms with Crippen LogP contribution in [0, 0.1) is 0 Å². The van der Waals surface area contributed by atoms with Gasteiger partial charge in [0, 0.05) is 17.5 Å². The topological polar surface area (TPSA) is 55.5 Å². The van der Waals surface area contributed by atoms with Crippen molar-refractivity contribution in [3.63, 3.8) is 0 Å². The fourth-order valence-electron chi connectivity index (χ4n) is 2.30. The van der Waals surface area contributed by atoms with Crippen LogP contribution in [0.5, 0.6) is 11.5 Å². The van der Waals surface area contributed by atoms with Crippen molar-refractivity contribution in [2.24, 2.45) is 5.73 Å². The number of rotatable bonds is 3. The molecule has 82 valence electrons. The highest BCUT2D eigenvalue weighted by molar-refractivity contribution is 5.46. The van der Waals surface area contributed by atoms with Crippen LogP contribution in [-0.2, 0) is 5.41 Å². The monoisotopic (exact) mass is 207 g/mol. The Morgan fingerprint density at radius 3 is 2.67 bits per heavy atom. The Balaban J connectivity index is 2.44. The van der Waals surface area contributed by atoms with Crippen LogP contribution in [0.4, 0.5) is 0 Å². The Bertz CT molecular complexity index is 353. The number of hydrogen-bond acceptors (Lipinski definition) is 3. The third kappa shape index (κ3) is 1.57. The molecule has 0 amide bonds. The molecule has 1 aliphatic carbocycles. The van der Waals surface area contributed by atoms with Crippen molar-refractivity contribution in [2.75, 3.05) is 13.7 Å². The Morgan fingerprint density at radius 2 is 2.20 bits per heavy atom. The minimum absolute atomic E-state index is 0.0318. The molecule has 1 aromatic rings. The molecule has 0 heterocycles. The van der Waals surface area contributed by atoms with E-state index in [-0.39, 0.29) is 11.2 Å². The van der Waals surface area contributed by atoms with Gasteiger partial charge in [-0.05, 0) is 31.0 Å². The average Bonchev–Trinajstić information content (AvgIpc) is 2.17. The van der Waals surface area contributed by atoms with E-state index < -0.39 is 0 Å². The predicted octanol–water partition coefficient (Wildman–Crippen LogP) is 1.78. The zero-order valence-electron chi connectivity index (χ0n) is 8.99. The number of ether oxygens (including phenoxy) is 1. The zero-order chi connectivity index (χ0) is 10.9. The first-order valence-corrected chi connectivity index (χ1v) is 5.29. The summed E-state index contributed by atoms with van der Waals surface area (Å²) < 4.78 is 5.32. The lowest BCUT2D eigenvalue weighted by atomic mass is 9.64. The fraction of sp³-hybridized carbons (Fsp3) is 0.500. The molecule has 1 aliphatic rings. The van der Waals surface area contributed by atoms with Crippen molar-refractivity contribution >= 4 is 0 Å². The highest BCUT2D eigenvalue weighted by Crippen LogP contribution is 2.47. The summed E-state index contributed by atoms with van der Waals surface area (Å²) in [6.45, 7) is 0.618. The lowest BCUT2D eigenvalue weighted by Crippen LogP contribution is -2.41. The molecule has 0 spiro atoms. The fourth-order valence-corrected chi connectivity index (χ4v) is 2.30. The van der Waals surface area contributed by atoms with E-state index >= 15 is 0 Å². The summed E-state index contributed by atoms with van der Waals surface area (Å²) in [4.78, 5) is 0. The molecule has 0 bridgehead atoms. The van der Waals surface area contributed by atoms with E-state index in [1.54, 1.807) is 25.3 Å². The number of aromatic hydroxyl groups is 1. The van der Waals surface area contributed by atoms with Crippen LogP contribution >= 0.6 is 0 Å². The summed E-state index contributed by atoms with van der Waals surface area (Å²) in [6.07, 6.45) is 3.38. The van der Waals surface area contributed by atoms with Gasteiger partial charge in [0.1, 0.15) is 11.5 Å². The Kier molecular flexibility index (Phi) is 2.57. The predicted molar refractivity (Wildman–Crippen MR) is 59.2 cm³/mol. The van der Waals surface area contributed by atoms with Gasteiger partial charge in [-0.2, -0.15) is 0 Å². The first kappa shape index (κ1) is 10.3. The summed E-state index contributed by atoms with van der Waals surface area (Å²) >= 11 is 0. The molecular weight excluding hydrogens is 190 g/mol. The minimum atomic E-state index is 0.0318. The van der Waals surface area contributed by atoms with Crippen molar-refractivity contribution in [3.8, 4) is 11.5 Å². The molecule has 3 heteroatoms. The Morgan fingerprint density at radius 1 is 1.47 bits per heavy atom. The first-order valence-electron chi connectivity index (χ1n) is 5.29. The maximum atomic E-state index is 9.52. The second kappa shape index (κ2) is 3.74. The summed E-state index contributed by atoms with van der Waals surface area (Å²) in [6, 6.07) is 5.23. The SMILES string of the molecule is COc1ccc(O)cc1C1(CN)CCC1. The number of nitrogens with two attached hydrogens (primary N) is 1. The van der Waals surface area contributed by atoms with E-state index in [0.29, 0.717) is 6.54 Å². The van der Waals surface area contributed by atoms with Crippen LogP contribution < -0.4 is 10.5 Å². The molecule has 0 radical (unpaired) electrons. The van der Waals surface area contributed by atoms with E-state index in [0.717, 1.165) is 24.2 Å². The molecule has 15 heavy (non-hydrogen) atoms. The lowest BCUT2D eigenvalue weighted by Gasteiger charge is -2.42. The van der Waals surface area contributed by atoms with Gasteiger partial charge in [-0.1, -0.05) is 6.42 Å². The van der Waals surface area contributed by atoms with Gasteiger partial charge in [-0.25, -0.2) is 0 Å². The van der Waals surface area contributed by atoms with Crippen LogP contribution in [0.15, 0.2) is 18.2 Å². The quantitative estimate of drug-likeness (QED) is 0.794. The van der Waals surface area contributed by atoms with E-state index in [1.165, 1.54) is 6.42 Å². The van der Waals surface area contributed by atoms with Gasteiger partial charge in [0.15, 0.2) is 0 Å². The Labute approximate surface area is 89.9 Å². The maximum Gasteiger partial charge on any atom is 0.122 e. The lowest BCUT2D eigenvalue weighted by molar-refractivity contribution is 0.242. The average molecular weight is 207 g/mol. The van der Waals surface area contributed by atoms with E-state index in [9.17, 15) is 5.11 Å². The number of hydrogen-bond donors (Lipinski definition) is 2. The molecule has 1 fully saturated rings. The molecule has 3 N–H and O–H groups in total. The molecular formula is C12H17NO2. The molecule has 3 nitrogen and oxygen atoms in total. The Hall–Kier alpha value is -1.22. The molecule has 0 aromatic heterocycles. The number of benzene rings is 1. The van der Waals surface area contributed by atoms with E-state index in [4.69, 9.17) is 10.5 Å².